The number of halogens is 1. The van der Waals surface area contributed by atoms with Gasteiger partial charge in [-0.25, -0.2) is 9.18 Å². The number of nitriles is 1. The fraction of sp³-hybridized carbons (Fsp3) is 0.389. The van der Waals surface area contributed by atoms with Gasteiger partial charge in [-0.15, -0.1) is 0 Å². The van der Waals surface area contributed by atoms with Crippen molar-refractivity contribution in [2.45, 2.75) is 18.9 Å². The molecule has 1 N–H and O–H groups in total. The van der Waals surface area contributed by atoms with Gasteiger partial charge in [0.15, 0.2) is 5.82 Å². The highest BCUT2D eigenvalue weighted by Crippen LogP contribution is 2.44. The van der Waals surface area contributed by atoms with Crippen molar-refractivity contribution >= 4 is 34.6 Å². The Balaban J connectivity index is 2.12. The smallest absolute Gasteiger partial charge is 0.449 e. The molecule has 2 aromatic rings. The van der Waals surface area contributed by atoms with E-state index in [1.54, 1.807) is 11.8 Å². The second-order valence-corrected chi connectivity index (χ2v) is 7.74. The Labute approximate surface area is 157 Å². The molecule has 4 rings (SSSR count). The van der Waals surface area contributed by atoms with E-state index in [9.17, 15) is 19.2 Å². The lowest BCUT2D eigenvalue weighted by Crippen LogP contribution is -2.36. The standard InChI is InChI=1S/C18H16FN3O4S/c19-11-7-10(9-20)14-13(8-11)15(23)16(26-18(24)25)17(22(14)12-1-2-12)21-3-5-27-6-4-21/h7-8,12H,1-6H2,(H,24,25). The van der Waals surface area contributed by atoms with Crippen molar-refractivity contribution in [3.05, 3.63) is 33.7 Å². The van der Waals surface area contributed by atoms with Gasteiger partial charge in [0.2, 0.25) is 11.2 Å². The third-order valence-corrected chi connectivity index (χ3v) is 5.67. The van der Waals surface area contributed by atoms with Crippen LogP contribution in [0.4, 0.5) is 15.0 Å². The van der Waals surface area contributed by atoms with E-state index in [-0.39, 0.29) is 22.7 Å². The van der Waals surface area contributed by atoms with E-state index in [0.29, 0.717) is 24.4 Å². The summed E-state index contributed by atoms with van der Waals surface area (Å²) in [4.78, 5) is 26.2. The van der Waals surface area contributed by atoms with Gasteiger partial charge in [0, 0.05) is 30.6 Å². The Morgan fingerprint density at radius 1 is 1.33 bits per heavy atom. The first-order valence-electron chi connectivity index (χ1n) is 8.56. The number of ether oxygens (including phenoxy) is 1. The largest absolute Gasteiger partial charge is 0.511 e. The van der Waals surface area contributed by atoms with Crippen LogP contribution in [0.3, 0.4) is 0 Å². The highest BCUT2D eigenvalue weighted by atomic mass is 32.2. The molecule has 2 heterocycles. The summed E-state index contributed by atoms with van der Waals surface area (Å²) in [5.41, 5.74) is -0.311. The minimum Gasteiger partial charge on any atom is -0.449 e. The van der Waals surface area contributed by atoms with Crippen molar-refractivity contribution in [3.8, 4) is 11.8 Å². The van der Waals surface area contributed by atoms with Gasteiger partial charge in [-0.05, 0) is 25.0 Å². The summed E-state index contributed by atoms with van der Waals surface area (Å²) in [5.74, 6) is 1.00. The van der Waals surface area contributed by atoms with Crippen LogP contribution < -0.4 is 15.1 Å². The van der Waals surface area contributed by atoms with Gasteiger partial charge >= 0.3 is 6.16 Å². The third-order valence-electron chi connectivity index (χ3n) is 4.73. The predicted octanol–water partition coefficient (Wildman–Crippen LogP) is 2.96. The number of anilines is 1. The van der Waals surface area contributed by atoms with Gasteiger partial charge in [0.25, 0.3) is 0 Å². The Morgan fingerprint density at radius 2 is 2.04 bits per heavy atom. The van der Waals surface area contributed by atoms with Crippen LogP contribution >= 0.6 is 11.8 Å². The zero-order valence-corrected chi connectivity index (χ0v) is 15.1. The van der Waals surface area contributed by atoms with Crippen molar-refractivity contribution in [1.82, 2.24) is 4.57 Å². The van der Waals surface area contributed by atoms with E-state index in [1.165, 1.54) is 0 Å². The molecule has 1 aromatic carbocycles. The van der Waals surface area contributed by atoms with E-state index < -0.39 is 17.4 Å². The van der Waals surface area contributed by atoms with E-state index >= 15 is 0 Å². The molecule has 1 aliphatic carbocycles. The molecule has 2 aliphatic rings. The maximum absolute atomic E-state index is 14.0. The van der Waals surface area contributed by atoms with Crippen molar-refractivity contribution in [2.75, 3.05) is 29.5 Å². The van der Waals surface area contributed by atoms with Crippen molar-refractivity contribution in [2.24, 2.45) is 0 Å². The maximum Gasteiger partial charge on any atom is 0.511 e. The Kier molecular flexibility index (Phi) is 4.44. The Hall–Kier alpha value is -2.73. The molecule has 2 fully saturated rings. The minimum atomic E-state index is -1.60. The first kappa shape index (κ1) is 17.7. The van der Waals surface area contributed by atoms with Gasteiger partial charge in [0.1, 0.15) is 11.9 Å². The average Bonchev–Trinajstić information content (AvgIpc) is 3.48. The fourth-order valence-electron chi connectivity index (χ4n) is 3.49. The number of aromatic nitrogens is 1. The van der Waals surface area contributed by atoms with Gasteiger partial charge in [-0.3, -0.25) is 4.79 Å². The van der Waals surface area contributed by atoms with Crippen LogP contribution in [0.25, 0.3) is 10.9 Å². The van der Waals surface area contributed by atoms with Crippen LogP contribution in [-0.2, 0) is 0 Å². The van der Waals surface area contributed by atoms with E-state index in [1.807, 2.05) is 15.5 Å². The number of pyridine rings is 1. The Bertz CT molecular complexity index is 1040. The summed E-state index contributed by atoms with van der Waals surface area (Å²) in [6.07, 6.45) is 0.0725. The molecular formula is C18H16FN3O4S. The molecule has 1 saturated heterocycles. The van der Waals surface area contributed by atoms with Crippen LogP contribution in [0.2, 0.25) is 0 Å². The highest BCUT2D eigenvalue weighted by molar-refractivity contribution is 7.99. The average molecular weight is 389 g/mol. The monoisotopic (exact) mass is 389 g/mol. The van der Waals surface area contributed by atoms with Gasteiger partial charge in [0.05, 0.1) is 16.5 Å². The number of thioether (sulfide) groups is 1. The first-order chi connectivity index (χ1) is 13.0. The molecule has 27 heavy (non-hydrogen) atoms. The lowest BCUT2D eigenvalue weighted by atomic mass is 10.1. The number of hydrogen-bond acceptors (Lipinski definition) is 6. The summed E-state index contributed by atoms with van der Waals surface area (Å²) < 4.78 is 20.7. The van der Waals surface area contributed by atoms with Crippen molar-refractivity contribution in [1.29, 1.82) is 5.26 Å². The van der Waals surface area contributed by atoms with Gasteiger partial charge < -0.3 is 19.3 Å². The Morgan fingerprint density at radius 3 is 2.63 bits per heavy atom. The number of hydrogen-bond donors (Lipinski definition) is 1. The predicted molar refractivity (Wildman–Crippen MR) is 99.3 cm³/mol. The van der Waals surface area contributed by atoms with Crippen LogP contribution in [0.1, 0.15) is 24.4 Å². The molecule has 0 unspecified atom stereocenters. The zero-order valence-electron chi connectivity index (χ0n) is 14.3. The lowest BCUT2D eigenvalue weighted by molar-refractivity contribution is 0.144. The van der Waals surface area contributed by atoms with Crippen LogP contribution in [0.5, 0.6) is 5.75 Å². The molecule has 9 heteroatoms. The fourth-order valence-corrected chi connectivity index (χ4v) is 4.40. The number of carboxylic acid groups (broad SMARTS) is 1. The summed E-state index contributed by atoms with van der Waals surface area (Å²) in [6, 6.07) is 4.14. The van der Waals surface area contributed by atoms with Crippen molar-refractivity contribution in [3.63, 3.8) is 0 Å². The van der Waals surface area contributed by atoms with Gasteiger partial charge in [-0.1, -0.05) is 0 Å². The topological polar surface area (TPSA) is 95.6 Å². The number of fused-ring (bicyclic) bond motifs is 1. The summed E-state index contributed by atoms with van der Waals surface area (Å²) in [7, 11) is 0. The molecule has 1 saturated carbocycles. The van der Waals surface area contributed by atoms with Gasteiger partial charge in [-0.2, -0.15) is 17.0 Å². The molecule has 7 nitrogen and oxygen atoms in total. The quantitative estimate of drug-likeness (QED) is 0.806. The van der Waals surface area contributed by atoms with Crippen LogP contribution in [0, 0.1) is 17.1 Å². The normalized spacial score (nSPS) is 17.0. The first-order valence-corrected chi connectivity index (χ1v) is 9.72. The van der Waals surface area contributed by atoms with E-state index in [2.05, 4.69) is 0 Å². The zero-order chi connectivity index (χ0) is 19.1. The van der Waals surface area contributed by atoms with Crippen LogP contribution in [0.15, 0.2) is 16.9 Å². The second-order valence-electron chi connectivity index (χ2n) is 6.51. The number of benzene rings is 1. The molecule has 0 bridgehead atoms. The minimum absolute atomic E-state index is 0.0198. The highest BCUT2D eigenvalue weighted by Gasteiger charge is 2.34. The third kappa shape index (κ3) is 3.10. The SMILES string of the molecule is N#Cc1cc(F)cc2c(=O)c(OC(=O)O)c(N3CCSCC3)n(C3CC3)c12. The molecule has 0 amide bonds. The summed E-state index contributed by atoms with van der Waals surface area (Å²) in [5, 5.41) is 18.6. The number of carbonyl (C=O) groups is 1. The maximum atomic E-state index is 14.0. The van der Waals surface area contributed by atoms with Crippen molar-refractivity contribution < 1.29 is 19.0 Å². The van der Waals surface area contributed by atoms with Crippen LogP contribution in [-0.4, -0.2) is 40.4 Å². The number of rotatable bonds is 3. The summed E-state index contributed by atoms with van der Waals surface area (Å²) >= 11 is 1.77. The molecule has 0 atom stereocenters. The molecule has 140 valence electrons. The summed E-state index contributed by atoms with van der Waals surface area (Å²) in [6.45, 7) is 1.25. The molecule has 1 aromatic heterocycles. The second kappa shape index (κ2) is 6.78. The van der Waals surface area contributed by atoms with E-state index in [0.717, 1.165) is 36.5 Å². The van der Waals surface area contributed by atoms with E-state index in [4.69, 9.17) is 9.84 Å². The number of nitrogens with zero attached hydrogens (tertiary/aromatic N) is 3. The molecule has 0 radical (unpaired) electrons. The molecule has 1 aliphatic heterocycles. The lowest BCUT2D eigenvalue weighted by Gasteiger charge is -2.32. The molecular weight excluding hydrogens is 373 g/mol. The molecule has 0 spiro atoms.